The van der Waals surface area contributed by atoms with Crippen molar-refractivity contribution >= 4 is 18.3 Å². The van der Waals surface area contributed by atoms with Gasteiger partial charge in [-0.1, -0.05) is 26.0 Å². The first-order valence-corrected chi connectivity index (χ1v) is 6.97. The lowest BCUT2D eigenvalue weighted by Crippen LogP contribution is -2.40. The SMILES string of the molecule is Cc1cccc(OCCC(=O)N(C)CC(C)(C)CN)c1.Cl. The largest absolute Gasteiger partial charge is 0.493 e. The Hall–Kier alpha value is -1.26. The van der Waals surface area contributed by atoms with Crippen LogP contribution < -0.4 is 10.5 Å². The van der Waals surface area contributed by atoms with Gasteiger partial charge in [0.05, 0.1) is 13.0 Å². The molecule has 0 saturated heterocycles. The lowest BCUT2D eigenvalue weighted by atomic mass is 9.93. The van der Waals surface area contributed by atoms with Crippen molar-refractivity contribution in [3.63, 3.8) is 0 Å². The van der Waals surface area contributed by atoms with Gasteiger partial charge in [0.1, 0.15) is 5.75 Å². The maximum absolute atomic E-state index is 12.0. The van der Waals surface area contributed by atoms with Crippen LogP contribution in [-0.4, -0.2) is 37.6 Å². The van der Waals surface area contributed by atoms with Crippen LogP contribution >= 0.6 is 12.4 Å². The summed E-state index contributed by atoms with van der Waals surface area (Å²) in [6, 6.07) is 7.83. The third-order valence-corrected chi connectivity index (χ3v) is 3.22. The Morgan fingerprint density at radius 2 is 2.05 bits per heavy atom. The van der Waals surface area contributed by atoms with Crippen LogP contribution in [0.4, 0.5) is 0 Å². The Balaban J connectivity index is 0.00000400. The molecule has 5 heteroatoms. The molecule has 0 aliphatic carbocycles. The third kappa shape index (κ3) is 7.34. The van der Waals surface area contributed by atoms with Crippen molar-refractivity contribution in [2.45, 2.75) is 27.2 Å². The highest BCUT2D eigenvalue weighted by atomic mass is 35.5. The zero-order valence-electron chi connectivity index (χ0n) is 13.4. The molecule has 0 heterocycles. The average molecular weight is 315 g/mol. The van der Waals surface area contributed by atoms with Gasteiger partial charge < -0.3 is 15.4 Å². The second kappa shape index (κ2) is 8.90. The first kappa shape index (κ1) is 19.7. The molecule has 0 atom stereocenters. The topological polar surface area (TPSA) is 55.6 Å². The van der Waals surface area contributed by atoms with Crippen molar-refractivity contribution in [3.8, 4) is 5.75 Å². The van der Waals surface area contributed by atoms with E-state index < -0.39 is 0 Å². The van der Waals surface area contributed by atoms with Crippen molar-refractivity contribution in [2.75, 3.05) is 26.7 Å². The Morgan fingerprint density at radius 1 is 1.38 bits per heavy atom. The first-order valence-electron chi connectivity index (χ1n) is 6.97. The van der Waals surface area contributed by atoms with Crippen LogP contribution in [0.1, 0.15) is 25.8 Å². The molecule has 1 aromatic rings. The van der Waals surface area contributed by atoms with E-state index in [1.807, 2.05) is 38.2 Å². The number of rotatable bonds is 7. The zero-order chi connectivity index (χ0) is 15.2. The Kier molecular flexibility index (Phi) is 8.37. The summed E-state index contributed by atoms with van der Waals surface area (Å²) in [6.45, 7) is 7.74. The highest BCUT2D eigenvalue weighted by Gasteiger charge is 2.20. The van der Waals surface area contributed by atoms with E-state index in [0.29, 0.717) is 26.1 Å². The summed E-state index contributed by atoms with van der Waals surface area (Å²) in [7, 11) is 1.81. The molecule has 1 amide bonds. The molecule has 4 nitrogen and oxygen atoms in total. The maximum atomic E-state index is 12.0. The number of aryl methyl sites for hydroxylation is 1. The van der Waals surface area contributed by atoms with Gasteiger partial charge >= 0.3 is 0 Å². The summed E-state index contributed by atoms with van der Waals surface area (Å²) < 4.78 is 5.59. The summed E-state index contributed by atoms with van der Waals surface area (Å²) >= 11 is 0. The minimum Gasteiger partial charge on any atom is -0.493 e. The van der Waals surface area contributed by atoms with Crippen LogP contribution in [0.3, 0.4) is 0 Å². The van der Waals surface area contributed by atoms with Gasteiger partial charge in [0, 0.05) is 13.6 Å². The van der Waals surface area contributed by atoms with Gasteiger partial charge in [-0.05, 0) is 36.6 Å². The number of hydrogen-bond donors (Lipinski definition) is 1. The number of nitrogens with zero attached hydrogens (tertiary/aromatic N) is 1. The van der Waals surface area contributed by atoms with Gasteiger partial charge in [-0.3, -0.25) is 4.79 Å². The number of ether oxygens (including phenoxy) is 1. The van der Waals surface area contributed by atoms with Crippen LogP contribution in [-0.2, 0) is 4.79 Å². The van der Waals surface area contributed by atoms with Gasteiger partial charge in [0.15, 0.2) is 0 Å². The summed E-state index contributed by atoms with van der Waals surface area (Å²) in [5.41, 5.74) is 6.78. The molecule has 0 spiro atoms. The minimum absolute atomic E-state index is 0. The summed E-state index contributed by atoms with van der Waals surface area (Å²) in [5, 5.41) is 0. The fourth-order valence-corrected chi connectivity index (χ4v) is 1.95. The standard InChI is InChI=1S/C16H26N2O2.ClH/c1-13-6-5-7-14(10-13)20-9-8-15(19)18(4)12-16(2,3)11-17;/h5-7,10H,8-9,11-12,17H2,1-4H3;1H. The molecular formula is C16H27ClN2O2. The molecule has 1 rings (SSSR count). The van der Waals surface area contributed by atoms with Gasteiger partial charge in [-0.25, -0.2) is 0 Å². The molecule has 2 N–H and O–H groups in total. The number of carbonyl (C=O) groups excluding carboxylic acids is 1. The van der Waals surface area contributed by atoms with Crippen LogP contribution in [0.2, 0.25) is 0 Å². The van der Waals surface area contributed by atoms with Crippen molar-refractivity contribution in [1.29, 1.82) is 0 Å². The molecular weight excluding hydrogens is 288 g/mol. The molecule has 1 aromatic carbocycles. The molecule has 0 aromatic heterocycles. The minimum atomic E-state index is -0.0538. The number of benzene rings is 1. The predicted octanol–water partition coefficient (Wildman–Crippen LogP) is 2.63. The number of hydrogen-bond acceptors (Lipinski definition) is 3. The number of carbonyl (C=O) groups is 1. The summed E-state index contributed by atoms with van der Waals surface area (Å²) in [6.07, 6.45) is 0.380. The van der Waals surface area contributed by atoms with Crippen molar-refractivity contribution in [2.24, 2.45) is 11.1 Å². The predicted molar refractivity (Wildman–Crippen MR) is 89.0 cm³/mol. The third-order valence-electron chi connectivity index (χ3n) is 3.22. The van der Waals surface area contributed by atoms with Gasteiger partial charge in [-0.2, -0.15) is 0 Å². The normalized spacial score (nSPS) is 10.7. The maximum Gasteiger partial charge on any atom is 0.225 e. The fourth-order valence-electron chi connectivity index (χ4n) is 1.95. The van der Waals surface area contributed by atoms with E-state index in [-0.39, 0.29) is 23.7 Å². The van der Waals surface area contributed by atoms with E-state index in [1.54, 1.807) is 4.90 Å². The molecule has 0 unspecified atom stereocenters. The highest BCUT2D eigenvalue weighted by molar-refractivity contribution is 5.85. The smallest absolute Gasteiger partial charge is 0.225 e. The monoisotopic (exact) mass is 314 g/mol. The van der Waals surface area contributed by atoms with Crippen LogP contribution in [0.25, 0.3) is 0 Å². The van der Waals surface area contributed by atoms with E-state index in [0.717, 1.165) is 11.3 Å². The number of halogens is 1. The number of amides is 1. The van der Waals surface area contributed by atoms with Crippen LogP contribution in [0.5, 0.6) is 5.75 Å². The molecule has 120 valence electrons. The van der Waals surface area contributed by atoms with Crippen LogP contribution in [0.15, 0.2) is 24.3 Å². The lowest BCUT2D eigenvalue weighted by Gasteiger charge is -2.29. The van der Waals surface area contributed by atoms with E-state index >= 15 is 0 Å². The van der Waals surface area contributed by atoms with Gasteiger partial charge in [-0.15, -0.1) is 12.4 Å². The zero-order valence-corrected chi connectivity index (χ0v) is 14.2. The van der Waals surface area contributed by atoms with Crippen molar-refractivity contribution < 1.29 is 9.53 Å². The molecule has 0 aliphatic heterocycles. The quantitative estimate of drug-likeness (QED) is 0.841. The lowest BCUT2D eigenvalue weighted by molar-refractivity contribution is -0.131. The van der Waals surface area contributed by atoms with Gasteiger partial charge in [0.25, 0.3) is 0 Å². The molecule has 0 radical (unpaired) electrons. The second-order valence-corrected chi connectivity index (χ2v) is 6.03. The average Bonchev–Trinajstić information content (AvgIpc) is 2.38. The van der Waals surface area contributed by atoms with Crippen molar-refractivity contribution in [1.82, 2.24) is 4.90 Å². The van der Waals surface area contributed by atoms with Gasteiger partial charge in [0.2, 0.25) is 5.91 Å². The highest BCUT2D eigenvalue weighted by Crippen LogP contribution is 2.15. The van der Waals surface area contributed by atoms with E-state index in [4.69, 9.17) is 10.5 Å². The second-order valence-electron chi connectivity index (χ2n) is 6.03. The van der Waals surface area contributed by atoms with E-state index in [9.17, 15) is 4.79 Å². The van der Waals surface area contributed by atoms with E-state index in [1.165, 1.54) is 0 Å². The molecule has 21 heavy (non-hydrogen) atoms. The van der Waals surface area contributed by atoms with E-state index in [2.05, 4.69) is 13.8 Å². The van der Waals surface area contributed by atoms with Crippen molar-refractivity contribution in [3.05, 3.63) is 29.8 Å². The summed E-state index contributed by atoms with van der Waals surface area (Å²) in [5.74, 6) is 0.891. The summed E-state index contributed by atoms with van der Waals surface area (Å²) in [4.78, 5) is 13.7. The molecule has 0 saturated carbocycles. The first-order chi connectivity index (χ1) is 9.34. The molecule has 0 fully saturated rings. The number of nitrogens with two attached hydrogens (primary N) is 1. The van der Waals surface area contributed by atoms with Crippen LogP contribution in [0, 0.1) is 12.3 Å². The fraction of sp³-hybridized carbons (Fsp3) is 0.562. The Bertz CT molecular complexity index is 450. The molecule has 0 aliphatic rings. The Labute approximate surface area is 134 Å². The Morgan fingerprint density at radius 3 is 2.62 bits per heavy atom. The molecule has 0 bridgehead atoms.